The zero-order valence-electron chi connectivity index (χ0n) is 18.5. The van der Waals surface area contributed by atoms with Crippen LogP contribution in [0.4, 0.5) is 0 Å². The fraction of sp³-hybridized carbons (Fsp3) is 0.241. The molecule has 1 unspecified atom stereocenters. The predicted molar refractivity (Wildman–Crippen MR) is 131 cm³/mol. The van der Waals surface area contributed by atoms with Gasteiger partial charge in [0.25, 0.3) is 0 Å². The molecule has 158 valence electrons. The number of ketones is 1. The summed E-state index contributed by atoms with van der Waals surface area (Å²) in [5.74, 6) is -0.243. The molecule has 1 saturated carbocycles. The Bertz CT molecular complexity index is 1260. The molecule has 0 amide bonds. The van der Waals surface area contributed by atoms with Crippen molar-refractivity contribution in [2.24, 2.45) is 16.7 Å². The predicted octanol–water partition coefficient (Wildman–Crippen LogP) is 6.82. The molecule has 3 heteroatoms. The van der Waals surface area contributed by atoms with E-state index in [1.54, 1.807) is 11.8 Å². The summed E-state index contributed by atoms with van der Waals surface area (Å²) in [6.45, 7) is 6.13. The van der Waals surface area contributed by atoms with Crippen LogP contribution in [0.1, 0.15) is 30.5 Å². The van der Waals surface area contributed by atoms with E-state index in [1.165, 1.54) is 5.56 Å². The number of rotatable bonds is 4. The zero-order chi connectivity index (χ0) is 22.5. The molecular weight excluding hydrogens is 410 g/mol. The SMILES string of the molecule is Cc1ccc(S[C@H]2C(C#N)[C@]3(C)C(=O)[C@]2(C)C(c2ccccc2)=C3c2ccccc2)cc1. The second-order valence-corrected chi connectivity index (χ2v) is 10.4. The molecule has 2 aliphatic rings. The summed E-state index contributed by atoms with van der Waals surface area (Å²) in [6.07, 6.45) is 0. The quantitative estimate of drug-likeness (QED) is 0.452. The van der Waals surface area contributed by atoms with Gasteiger partial charge in [0.2, 0.25) is 0 Å². The first-order valence-electron chi connectivity index (χ1n) is 11.0. The molecule has 0 aromatic heterocycles. The van der Waals surface area contributed by atoms with Crippen LogP contribution in [-0.2, 0) is 4.79 Å². The average Bonchev–Trinajstić information content (AvgIpc) is 3.10. The van der Waals surface area contributed by atoms with Gasteiger partial charge >= 0.3 is 0 Å². The molecule has 2 nitrogen and oxygen atoms in total. The lowest BCUT2D eigenvalue weighted by atomic mass is 9.67. The van der Waals surface area contributed by atoms with E-state index in [0.29, 0.717) is 0 Å². The molecule has 0 heterocycles. The average molecular weight is 436 g/mol. The van der Waals surface area contributed by atoms with Crippen molar-refractivity contribution >= 4 is 28.7 Å². The number of fused-ring (bicyclic) bond motifs is 2. The van der Waals surface area contributed by atoms with Gasteiger partial charge in [-0.05, 0) is 55.2 Å². The Morgan fingerprint density at radius 1 is 0.781 bits per heavy atom. The number of nitrogens with zero attached hydrogens (tertiary/aromatic N) is 1. The topological polar surface area (TPSA) is 40.9 Å². The van der Waals surface area contributed by atoms with Crippen LogP contribution in [0.3, 0.4) is 0 Å². The van der Waals surface area contributed by atoms with E-state index >= 15 is 0 Å². The Hall–Kier alpha value is -3.09. The molecule has 0 aliphatic heterocycles. The Morgan fingerprint density at radius 3 is 1.78 bits per heavy atom. The van der Waals surface area contributed by atoms with Gasteiger partial charge < -0.3 is 0 Å². The summed E-state index contributed by atoms with van der Waals surface area (Å²) < 4.78 is 0. The summed E-state index contributed by atoms with van der Waals surface area (Å²) in [4.78, 5) is 15.3. The van der Waals surface area contributed by atoms with Gasteiger partial charge in [-0.1, -0.05) is 78.4 Å². The number of benzene rings is 3. The third kappa shape index (κ3) is 2.76. The number of thioether (sulfide) groups is 1. The van der Waals surface area contributed by atoms with Gasteiger partial charge in [0.15, 0.2) is 5.78 Å². The highest BCUT2D eigenvalue weighted by Gasteiger charge is 2.72. The van der Waals surface area contributed by atoms with Crippen molar-refractivity contribution in [3.05, 3.63) is 102 Å². The van der Waals surface area contributed by atoms with Crippen molar-refractivity contribution in [2.45, 2.75) is 30.9 Å². The molecule has 2 aliphatic carbocycles. The molecule has 32 heavy (non-hydrogen) atoms. The van der Waals surface area contributed by atoms with Crippen LogP contribution in [0.2, 0.25) is 0 Å². The molecule has 3 aromatic rings. The highest BCUT2D eigenvalue weighted by molar-refractivity contribution is 8.00. The second kappa shape index (κ2) is 7.50. The van der Waals surface area contributed by atoms with E-state index in [0.717, 1.165) is 27.2 Å². The van der Waals surface area contributed by atoms with Crippen molar-refractivity contribution in [3.63, 3.8) is 0 Å². The smallest absolute Gasteiger partial charge is 0.155 e. The van der Waals surface area contributed by atoms with Crippen molar-refractivity contribution in [1.29, 1.82) is 5.26 Å². The minimum atomic E-state index is -0.849. The maximum atomic E-state index is 14.2. The molecule has 2 bridgehead atoms. The van der Waals surface area contributed by atoms with Crippen molar-refractivity contribution < 1.29 is 4.79 Å². The molecule has 3 aromatic carbocycles. The number of Topliss-reactive ketones (excluding diaryl/α,β-unsaturated/α-hetero) is 1. The number of hydrogen-bond donors (Lipinski definition) is 0. The van der Waals surface area contributed by atoms with Gasteiger partial charge in [-0.3, -0.25) is 4.79 Å². The van der Waals surface area contributed by atoms with Crippen molar-refractivity contribution in [1.82, 2.24) is 0 Å². The van der Waals surface area contributed by atoms with E-state index < -0.39 is 16.7 Å². The minimum absolute atomic E-state index is 0.157. The van der Waals surface area contributed by atoms with Crippen LogP contribution in [0.5, 0.6) is 0 Å². The Morgan fingerprint density at radius 2 is 1.28 bits per heavy atom. The van der Waals surface area contributed by atoms with E-state index in [1.807, 2.05) is 43.3 Å². The number of nitriles is 1. The van der Waals surface area contributed by atoms with E-state index in [4.69, 9.17) is 0 Å². The Balaban J connectivity index is 1.77. The van der Waals surface area contributed by atoms with Crippen LogP contribution in [0.25, 0.3) is 11.1 Å². The molecule has 0 radical (unpaired) electrons. The molecule has 4 atom stereocenters. The lowest BCUT2D eigenvalue weighted by Gasteiger charge is -2.38. The molecule has 0 saturated heterocycles. The maximum absolute atomic E-state index is 14.2. The monoisotopic (exact) mass is 435 g/mol. The first kappa shape index (κ1) is 20.8. The number of allylic oxidation sites excluding steroid dienone is 2. The minimum Gasteiger partial charge on any atom is -0.298 e. The van der Waals surface area contributed by atoms with Crippen LogP contribution in [-0.4, -0.2) is 11.0 Å². The Labute approximate surface area is 194 Å². The van der Waals surface area contributed by atoms with Gasteiger partial charge in [-0.15, -0.1) is 11.8 Å². The van der Waals surface area contributed by atoms with Crippen molar-refractivity contribution in [3.8, 4) is 6.07 Å². The van der Waals surface area contributed by atoms with Gasteiger partial charge in [0.1, 0.15) is 0 Å². The third-order valence-electron chi connectivity index (χ3n) is 7.27. The van der Waals surface area contributed by atoms with E-state index in [-0.39, 0.29) is 11.0 Å². The van der Waals surface area contributed by atoms with E-state index in [2.05, 4.69) is 68.4 Å². The normalized spacial score (nSPS) is 28.8. The summed E-state index contributed by atoms with van der Waals surface area (Å²) >= 11 is 1.67. The fourth-order valence-electron chi connectivity index (χ4n) is 5.73. The van der Waals surface area contributed by atoms with Crippen molar-refractivity contribution in [2.75, 3.05) is 0 Å². The highest BCUT2D eigenvalue weighted by Crippen LogP contribution is 2.71. The lowest BCUT2D eigenvalue weighted by Crippen LogP contribution is -2.35. The second-order valence-electron chi connectivity index (χ2n) is 9.17. The highest BCUT2D eigenvalue weighted by atomic mass is 32.2. The summed E-state index contributed by atoms with van der Waals surface area (Å²) in [5, 5.41) is 10.2. The van der Waals surface area contributed by atoms with Gasteiger partial charge in [0, 0.05) is 10.1 Å². The number of hydrogen-bond acceptors (Lipinski definition) is 3. The largest absolute Gasteiger partial charge is 0.298 e. The van der Waals surface area contributed by atoms with Crippen LogP contribution < -0.4 is 0 Å². The van der Waals surface area contributed by atoms with Crippen LogP contribution in [0, 0.1) is 35.0 Å². The molecule has 0 spiro atoms. The molecule has 1 fully saturated rings. The number of aryl methyl sites for hydroxylation is 1. The van der Waals surface area contributed by atoms with Gasteiger partial charge in [-0.2, -0.15) is 5.26 Å². The zero-order valence-corrected chi connectivity index (χ0v) is 19.3. The molecular formula is C29H25NOS. The lowest BCUT2D eigenvalue weighted by molar-refractivity contribution is -0.127. The Kier molecular flexibility index (Phi) is 4.87. The molecule has 5 rings (SSSR count). The summed E-state index contributed by atoms with van der Waals surface area (Å²) in [6, 6.07) is 31.3. The fourth-order valence-corrected chi connectivity index (χ4v) is 7.25. The maximum Gasteiger partial charge on any atom is 0.155 e. The number of carbonyl (C=O) groups excluding carboxylic acids is 1. The van der Waals surface area contributed by atoms with Crippen LogP contribution >= 0.6 is 11.8 Å². The van der Waals surface area contributed by atoms with Gasteiger partial charge in [0.05, 0.1) is 22.8 Å². The number of carbonyl (C=O) groups is 1. The summed E-state index contributed by atoms with van der Waals surface area (Å²) in [7, 11) is 0. The first-order valence-corrected chi connectivity index (χ1v) is 11.8. The first-order chi connectivity index (χ1) is 15.4. The molecule has 0 N–H and O–H groups in total. The van der Waals surface area contributed by atoms with Crippen LogP contribution in [0.15, 0.2) is 89.8 Å². The standard InChI is InChI=1S/C29H25NOS/c1-19-14-16-22(17-15-19)32-26-23(18-30)28(2)24(20-10-6-4-7-11-20)25(29(26,3)27(28)31)21-12-8-5-9-13-21/h4-17,23,26H,1-3H3/t23?,26-,28-,29+/m0/s1. The third-order valence-corrected chi connectivity index (χ3v) is 8.82. The van der Waals surface area contributed by atoms with Gasteiger partial charge in [-0.25, -0.2) is 0 Å². The summed E-state index contributed by atoms with van der Waals surface area (Å²) in [5.41, 5.74) is 3.79. The van der Waals surface area contributed by atoms with E-state index in [9.17, 15) is 10.1 Å².